The summed E-state index contributed by atoms with van der Waals surface area (Å²) in [7, 11) is 2.13. The summed E-state index contributed by atoms with van der Waals surface area (Å²) in [5, 5.41) is 3.05. The predicted molar refractivity (Wildman–Crippen MR) is 88.0 cm³/mol. The van der Waals surface area contributed by atoms with E-state index in [0.29, 0.717) is 6.04 Å². The van der Waals surface area contributed by atoms with Gasteiger partial charge in [0.05, 0.1) is 0 Å². The summed E-state index contributed by atoms with van der Waals surface area (Å²) >= 11 is 0. The highest BCUT2D eigenvalue weighted by Gasteiger charge is 2.21. The second-order valence-corrected chi connectivity index (χ2v) is 5.71. The summed E-state index contributed by atoms with van der Waals surface area (Å²) in [6, 6.07) is 8.39. The maximum absolute atomic E-state index is 12.2. The molecule has 1 amide bonds. The second-order valence-electron chi connectivity index (χ2n) is 5.71. The lowest BCUT2D eigenvalue weighted by atomic mass is 10.1. The SMILES string of the molecule is CCN(CC)c1ccc(C(=O)NCC2CCCN2C)cc1. The maximum atomic E-state index is 12.2. The number of hydrogen-bond acceptors (Lipinski definition) is 3. The fourth-order valence-electron chi connectivity index (χ4n) is 2.96. The number of likely N-dealkylation sites (N-methyl/N-ethyl adjacent to an activating group) is 1. The number of rotatable bonds is 6. The highest BCUT2D eigenvalue weighted by atomic mass is 16.1. The Labute approximate surface area is 128 Å². The molecule has 116 valence electrons. The van der Waals surface area contributed by atoms with Gasteiger partial charge in [-0.2, -0.15) is 0 Å². The molecule has 0 aliphatic carbocycles. The molecule has 4 heteroatoms. The van der Waals surface area contributed by atoms with Crippen LogP contribution in [0, 0.1) is 0 Å². The Kier molecular flexibility index (Phi) is 5.62. The fourth-order valence-corrected chi connectivity index (χ4v) is 2.96. The van der Waals surface area contributed by atoms with Crippen LogP contribution in [0.1, 0.15) is 37.0 Å². The molecule has 0 saturated carbocycles. The van der Waals surface area contributed by atoms with Crippen molar-refractivity contribution in [2.24, 2.45) is 0 Å². The Bertz CT molecular complexity index is 454. The lowest BCUT2D eigenvalue weighted by Crippen LogP contribution is -2.38. The van der Waals surface area contributed by atoms with Crippen LogP contribution in [0.4, 0.5) is 5.69 Å². The summed E-state index contributed by atoms with van der Waals surface area (Å²) in [4.78, 5) is 16.8. The van der Waals surface area contributed by atoms with Crippen molar-refractivity contribution in [2.75, 3.05) is 38.1 Å². The molecule has 2 rings (SSSR count). The first-order valence-corrected chi connectivity index (χ1v) is 7.99. The molecular weight excluding hydrogens is 262 g/mol. The van der Waals surface area contributed by atoms with E-state index in [1.165, 1.54) is 18.5 Å². The van der Waals surface area contributed by atoms with Gasteiger partial charge in [-0.3, -0.25) is 4.79 Å². The molecule has 1 aromatic carbocycles. The number of carbonyl (C=O) groups excluding carboxylic acids is 1. The monoisotopic (exact) mass is 289 g/mol. The summed E-state index contributed by atoms with van der Waals surface area (Å²) in [5.41, 5.74) is 1.92. The van der Waals surface area contributed by atoms with Gasteiger partial charge in [0.1, 0.15) is 0 Å². The van der Waals surface area contributed by atoms with Gasteiger partial charge < -0.3 is 15.1 Å². The molecule has 4 nitrogen and oxygen atoms in total. The van der Waals surface area contributed by atoms with Gasteiger partial charge in [0.15, 0.2) is 0 Å². The van der Waals surface area contributed by atoms with Crippen LogP contribution in [0.5, 0.6) is 0 Å². The van der Waals surface area contributed by atoms with Crippen molar-refractivity contribution < 1.29 is 4.79 Å². The number of amides is 1. The molecule has 21 heavy (non-hydrogen) atoms. The molecule has 0 aromatic heterocycles. The van der Waals surface area contributed by atoms with Crippen molar-refractivity contribution >= 4 is 11.6 Å². The Morgan fingerprint density at radius 1 is 1.29 bits per heavy atom. The number of hydrogen-bond donors (Lipinski definition) is 1. The lowest BCUT2D eigenvalue weighted by Gasteiger charge is -2.21. The van der Waals surface area contributed by atoms with Crippen LogP contribution in [-0.4, -0.2) is 50.1 Å². The molecular formula is C17H27N3O. The van der Waals surface area contributed by atoms with Crippen LogP contribution >= 0.6 is 0 Å². The van der Waals surface area contributed by atoms with Crippen LogP contribution in [0.3, 0.4) is 0 Å². The van der Waals surface area contributed by atoms with E-state index in [-0.39, 0.29) is 5.91 Å². The van der Waals surface area contributed by atoms with Crippen molar-refractivity contribution in [3.05, 3.63) is 29.8 Å². The molecule has 1 saturated heterocycles. The number of anilines is 1. The summed E-state index contributed by atoms with van der Waals surface area (Å²) < 4.78 is 0. The number of likely N-dealkylation sites (tertiary alicyclic amines) is 1. The molecule has 1 atom stereocenters. The van der Waals surface area contributed by atoms with Crippen molar-refractivity contribution in [1.29, 1.82) is 0 Å². The van der Waals surface area contributed by atoms with E-state index in [9.17, 15) is 4.79 Å². The Hall–Kier alpha value is -1.55. The van der Waals surface area contributed by atoms with Gasteiger partial charge in [-0.25, -0.2) is 0 Å². The average molecular weight is 289 g/mol. The molecule has 1 aromatic rings. The Morgan fingerprint density at radius 2 is 1.95 bits per heavy atom. The van der Waals surface area contributed by atoms with E-state index in [4.69, 9.17) is 0 Å². The van der Waals surface area contributed by atoms with Crippen LogP contribution in [0.2, 0.25) is 0 Å². The van der Waals surface area contributed by atoms with Gasteiger partial charge in [0.2, 0.25) is 0 Å². The second kappa shape index (κ2) is 7.46. The summed E-state index contributed by atoms with van der Waals surface area (Å²) in [5.74, 6) is 0.0291. The van der Waals surface area contributed by atoms with Gasteiger partial charge in [-0.1, -0.05) is 0 Å². The normalized spacial score (nSPS) is 18.7. The first-order valence-electron chi connectivity index (χ1n) is 7.99. The third kappa shape index (κ3) is 3.97. The topological polar surface area (TPSA) is 35.6 Å². The van der Waals surface area contributed by atoms with E-state index in [2.05, 4.69) is 36.0 Å². The highest BCUT2D eigenvalue weighted by molar-refractivity contribution is 5.94. The van der Waals surface area contributed by atoms with Crippen LogP contribution in [-0.2, 0) is 0 Å². The van der Waals surface area contributed by atoms with Gasteiger partial charge in [-0.05, 0) is 64.5 Å². The maximum Gasteiger partial charge on any atom is 0.251 e. The third-order valence-corrected chi connectivity index (χ3v) is 4.43. The lowest BCUT2D eigenvalue weighted by molar-refractivity contribution is 0.0943. The van der Waals surface area contributed by atoms with Crippen molar-refractivity contribution in [3.63, 3.8) is 0 Å². The molecule has 1 unspecified atom stereocenters. The molecule has 1 heterocycles. The van der Waals surface area contributed by atoms with Crippen LogP contribution < -0.4 is 10.2 Å². The van der Waals surface area contributed by atoms with Crippen LogP contribution in [0.25, 0.3) is 0 Å². The predicted octanol–water partition coefficient (Wildman–Crippen LogP) is 2.36. The third-order valence-electron chi connectivity index (χ3n) is 4.43. The Balaban J connectivity index is 1.90. The first-order chi connectivity index (χ1) is 10.2. The van der Waals surface area contributed by atoms with Crippen molar-refractivity contribution in [2.45, 2.75) is 32.7 Å². The van der Waals surface area contributed by atoms with Crippen molar-refractivity contribution in [1.82, 2.24) is 10.2 Å². The quantitative estimate of drug-likeness (QED) is 0.873. The zero-order chi connectivity index (χ0) is 15.2. The number of benzene rings is 1. The molecule has 0 spiro atoms. The highest BCUT2D eigenvalue weighted by Crippen LogP contribution is 2.16. The molecule has 0 radical (unpaired) electrons. The number of nitrogens with zero attached hydrogens (tertiary/aromatic N) is 2. The minimum absolute atomic E-state index is 0.0291. The van der Waals surface area contributed by atoms with E-state index in [0.717, 1.165) is 31.7 Å². The minimum Gasteiger partial charge on any atom is -0.372 e. The molecule has 1 N–H and O–H groups in total. The minimum atomic E-state index is 0.0291. The van der Waals surface area contributed by atoms with E-state index in [1.807, 2.05) is 24.3 Å². The van der Waals surface area contributed by atoms with Gasteiger partial charge >= 0.3 is 0 Å². The first kappa shape index (κ1) is 15.8. The van der Waals surface area contributed by atoms with E-state index < -0.39 is 0 Å². The standard InChI is InChI=1S/C17H27N3O/c1-4-20(5-2)15-10-8-14(9-11-15)17(21)18-13-16-7-6-12-19(16)3/h8-11,16H,4-7,12-13H2,1-3H3,(H,18,21). The number of nitrogens with one attached hydrogen (secondary N) is 1. The molecule has 1 fully saturated rings. The van der Waals surface area contributed by atoms with E-state index >= 15 is 0 Å². The fraction of sp³-hybridized carbons (Fsp3) is 0.588. The smallest absolute Gasteiger partial charge is 0.251 e. The molecule has 0 bridgehead atoms. The van der Waals surface area contributed by atoms with Crippen LogP contribution in [0.15, 0.2) is 24.3 Å². The summed E-state index contributed by atoms with van der Waals surface area (Å²) in [6.45, 7) is 8.13. The van der Waals surface area contributed by atoms with Crippen molar-refractivity contribution in [3.8, 4) is 0 Å². The van der Waals surface area contributed by atoms with E-state index in [1.54, 1.807) is 0 Å². The van der Waals surface area contributed by atoms with Gasteiger partial charge in [0, 0.05) is 36.9 Å². The molecule has 1 aliphatic rings. The number of carbonyl (C=O) groups is 1. The molecule has 1 aliphatic heterocycles. The average Bonchev–Trinajstić information content (AvgIpc) is 2.92. The summed E-state index contributed by atoms with van der Waals surface area (Å²) in [6.07, 6.45) is 2.41. The van der Waals surface area contributed by atoms with Gasteiger partial charge in [-0.15, -0.1) is 0 Å². The zero-order valence-electron chi connectivity index (χ0n) is 13.4. The zero-order valence-corrected chi connectivity index (χ0v) is 13.4. The Morgan fingerprint density at radius 3 is 2.48 bits per heavy atom. The van der Waals surface area contributed by atoms with Gasteiger partial charge in [0.25, 0.3) is 5.91 Å². The largest absolute Gasteiger partial charge is 0.372 e.